The molecule has 65 heavy (non-hydrogen) atoms. The Kier molecular flexibility index (Phi) is 19.5. The van der Waals surface area contributed by atoms with Crippen LogP contribution in [0.1, 0.15) is 93.8 Å². The van der Waals surface area contributed by atoms with Crippen molar-refractivity contribution in [3.05, 3.63) is 151 Å². The van der Waals surface area contributed by atoms with Gasteiger partial charge in [0.2, 0.25) is 0 Å². The lowest BCUT2D eigenvalue weighted by atomic mass is 10.1. The van der Waals surface area contributed by atoms with Gasteiger partial charge in [-0.1, -0.05) is 70.0 Å². The molecule has 4 aromatic carbocycles. The normalized spacial score (nSPS) is 10.8. The maximum atomic E-state index is 14.5. The van der Waals surface area contributed by atoms with Crippen molar-refractivity contribution in [3.63, 3.8) is 0 Å². The minimum absolute atomic E-state index is 0. The van der Waals surface area contributed by atoms with Crippen LogP contribution in [-0.4, -0.2) is 57.4 Å². The van der Waals surface area contributed by atoms with Crippen LogP contribution >= 0.6 is 35.6 Å². The maximum Gasteiger partial charge on any atom is 0.259 e. The highest BCUT2D eigenvalue weighted by atomic mass is 35.5. The fourth-order valence-electron chi connectivity index (χ4n) is 6.20. The van der Waals surface area contributed by atoms with Gasteiger partial charge in [-0.05, 0) is 98.5 Å². The molecule has 0 saturated carbocycles. The topological polar surface area (TPSA) is 141 Å². The van der Waals surface area contributed by atoms with Gasteiger partial charge in [-0.15, -0.1) is 12.4 Å². The first kappa shape index (κ1) is 51.8. The van der Waals surface area contributed by atoms with Crippen molar-refractivity contribution >= 4 is 65.3 Å². The number of aldehydes is 1. The molecule has 6 aromatic rings. The van der Waals surface area contributed by atoms with E-state index in [9.17, 15) is 23.2 Å². The highest BCUT2D eigenvalue weighted by Crippen LogP contribution is 2.27. The first-order chi connectivity index (χ1) is 30.5. The van der Waals surface area contributed by atoms with Gasteiger partial charge in [0.05, 0.1) is 37.4 Å². The molecule has 0 aliphatic carbocycles. The molecule has 0 saturated heterocycles. The zero-order valence-corrected chi connectivity index (χ0v) is 39.6. The summed E-state index contributed by atoms with van der Waals surface area (Å²) in [7, 11) is 0. The maximum absolute atomic E-state index is 14.5. The Hall–Kier alpha value is -5.80. The molecule has 0 bridgehead atoms. The Labute approximate surface area is 394 Å². The van der Waals surface area contributed by atoms with E-state index in [0.717, 1.165) is 52.2 Å². The average molecular weight is 953 g/mol. The molecule has 0 aliphatic heterocycles. The zero-order chi connectivity index (χ0) is 46.5. The largest absolute Gasteiger partial charge is 0.493 e. The summed E-state index contributed by atoms with van der Waals surface area (Å²) in [5.74, 6) is 0.322. The van der Waals surface area contributed by atoms with E-state index in [1.54, 1.807) is 39.7 Å². The van der Waals surface area contributed by atoms with Crippen molar-refractivity contribution in [2.75, 3.05) is 30.4 Å². The number of rotatable bonds is 18. The van der Waals surface area contributed by atoms with Crippen LogP contribution in [0.5, 0.6) is 11.5 Å². The van der Waals surface area contributed by atoms with E-state index < -0.39 is 23.4 Å². The van der Waals surface area contributed by atoms with Gasteiger partial charge >= 0.3 is 0 Å². The third-order valence-corrected chi connectivity index (χ3v) is 9.98. The summed E-state index contributed by atoms with van der Waals surface area (Å²) in [4.78, 5) is 35.8. The molecule has 17 heteroatoms. The van der Waals surface area contributed by atoms with Gasteiger partial charge in [0.1, 0.15) is 29.4 Å². The van der Waals surface area contributed by atoms with Crippen LogP contribution in [0.4, 0.5) is 20.4 Å². The van der Waals surface area contributed by atoms with Gasteiger partial charge in [-0.2, -0.15) is 10.2 Å². The zero-order valence-electron chi connectivity index (χ0n) is 37.3. The van der Waals surface area contributed by atoms with E-state index in [0.29, 0.717) is 66.8 Å². The summed E-state index contributed by atoms with van der Waals surface area (Å²) in [6.45, 7) is 17.3. The lowest BCUT2D eigenvalue weighted by molar-refractivity contribution is 0.101. The molecule has 0 aliphatic rings. The van der Waals surface area contributed by atoms with Crippen molar-refractivity contribution < 1.29 is 32.6 Å². The Morgan fingerprint density at radius 2 is 1.15 bits per heavy atom. The van der Waals surface area contributed by atoms with Gasteiger partial charge in [-0.25, -0.2) is 8.78 Å². The lowest BCUT2D eigenvalue weighted by Gasteiger charge is -2.14. The summed E-state index contributed by atoms with van der Waals surface area (Å²) in [5.41, 5.74) is 4.11. The second kappa shape index (κ2) is 24.5. The number of carbonyl (C=O) groups is 3. The van der Waals surface area contributed by atoms with Crippen molar-refractivity contribution in [1.29, 1.82) is 0 Å². The fraction of sp³-hybridized carbons (Fsp3) is 0.312. The van der Waals surface area contributed by atoms with Crippen molar-refractivity contribution in [3.8, 4) is 11.5 Å². The van der Waals surface area contributed by atoms with Gasteiger partial charge in [0.25, 0.3) is 11.8 Å². The van der Waals surface area contributed by atoms with Crippen molar-refractivity contribution in [1.82, 2.24) is 24.9 Å². The second-order valence-corrected chi connectivity index (χ2v) is 16.8. The number of halogens is 5. The molecule has 6 rings (SSSR count). The number of hydrogen-bond donors (Lipinski definition) is 3. The van der Waals surface area contributed by atoms with Gasteiger partial charge < -0.3 is 25.4 Å². The SMILES string of the molecule is CCNCc1ccc(C(=O)Nc2cc(C)n(Cc3cc(Cl)ccc3OCC(C)C)n2)c(F)c1.Cc1cc(NC(=O)c2ccc(C=O)cc2F)nn1Cc1cc(Cl)ccc1OCC(C)C.Cl. The third-order valence-electron chi connectivity index (χ3n) is 9.51. The minimum Gasteiger partial charge on any atom is -0.493 e. The summed E-state index contributed by atoms with van der Waals surface area (Å²) >= 11 is 12.4. The van der Waals surface area contributed by atoms with Gasteiger partial charge in [0.15, 0.2) is 11.6 Å². The molecule has 12 nitrogen and oxygen atoms in total. The minimum atomic E-state index is -0.774. The molecule has 2 heterocycles. The summed E-state index contributed by atoms with van der Waals surface area (Å²) in [5, 5.41) is 18.5. The standard InChI is InChI=1S/C25H30ClFN4O2.C23H23ClFN3O3.ClH/c1-5-28-13-18-6-8-21(22(27)11-18)25(32)29-24-10-17(4)31(30-24)14-19-12-20(26)7-9-23(19)33-15-16(2)3;1-14(2)13-31-21-7-5-18(24)10-17(21)11-28-15(3)8-22(27-28)26-23(30)19-6-4-16(12-29)9-20(19)25;/h6-12,16,28H,5,13-15H2,1-4H3,(H,29,30,32);4-10,12,14H,11,13H2,1-3H3,(H,26,27,30);1H. The molecule has 2 amide bonds. The van der Waals surface area contributed by atoms with Gasteiger partial charge in [-0.3, -0.25) is 23.7 Å². The molecular formula is C48H54Cl3F2N7O5. The number of aromatic nitrogens is 4. The van der Waals surface area contributed by atoms with Crippen LogP contribution in [0.3, 0.4) is 0 Å². The van der Waals surface area contributed by atoms with Crippen LogP contribution < -0.4 is 25.4 Å². The Morgan fingerprint density at radius 3 is 1.57 bits per heavy atom. The van der Waals surface area contributed by atoms with E-state index >= 15 is 0 Å². The Morgan fingerprint density at radius 1 is 0.692 bits per heavy atom. The van der Waals surface area contributed by atoms with E-state index in [4.69, 9.17) is 32.7 Å². The Bertz CT molecular complexity index is 2580. The number of aryl methyl sites for hydroxylation is 2. The summed E-state index contributed by atoms with van der Waals surface area (Å²) < 4.78 is 43.8. The summed E-state index contributed by atoms with van der Waals surface area (Å²) in [6.07, 6.45) is 0.519. The smallest absolute Gasteiger partial charge is 0.259 e. The van der Waals surface area contributed by atoms with Crippen LogP contribution in [-0.2, 0) is 19.6 Å². The monoisotopic (exact) mass is 951 g/mol. The number of nitrogens with one attached hydrogen (secondary N) is 3. The predicted molar refractivity (Wildman–Crippen MR) is 254 cm³/mol. The fourth-order valence-corrected chi connectivity index (χ4v) is 6.59. The molecule has 2 aromatic heterocycles. The number of ether oxygens (including phenoxy) is 2. The highest BCUT2D eigenvalue weighted by molar-refractivity contribution is 6.31. The highest BCUT2D eigenvalue weighted by Gasteiger charge is 2.18. The van der Waals surface area contributed by atoms with Crippen LogP contribution in [0.15, 0.2) is 84.9 Å². The second-order valence-electron chi connectivity index (χ2n) is 15.9. The van der Waals surface area contributed by atoms with Crippen molar-refractivity contribution in [2.45, 2.75) is 68.1 Å². The number of carbonyl (C=O) groups excluding carboxylic acids is 3. The molecule has 0 radical (unpaired) electrons. The molecule has 0 spiro atoms. The number of amides is 2. The quantitative estimate of drug-likeness (QED) is 0.0723. The Balaban J connectivity index is 0.000000281. The number of nitrogens with zero attached hydrogens (tertiary/aromatic N) is 4. The molecular weight excluding hydrogens is 899 g/mol. The van der Waals surface area contributed by atoms with E-state index in [1.807, 2.05) is 45.0 Å². The average Bonchev–Trinajstić information content (AvgIpc) is 3.77. The van der Waals surface area contributed by atoms with E-state index in [2.05, 4.69) is 53.8 Å². The molecule has 0 fully saturated rings. The van der Waals surface area contributed by atoms with Gasteiger partial charge in [0, 0.05) is 56.8 Å². The summed E-state index contributed by atoms with van der Waals surface area (Å²) in [6, 6.07) is 22.6. The van der Waals surface area contributed by atoms with Crippen LogP contribution in [0, 0.1) is 37.3 Å². The first-order valence-corrected chi connectivity index (χ1v) is 21.6. The number of hydrogen-bond acceptors (Lipinski definition) is 8. The molecule has 346 valence electrons. The number of benzene rings is 4. The van der Waals surface area contributed by atoms with Crippen LogP contribution in [0.2, 0.25) is 10.0 Å². The third kappa shape index (κ3) is 15.1. The van der Waals surface area contributed by atoms with Crippen LogP contribution in [0.25, 0.3) is 0 Å². The van der Waals surface area contributed by atoms with Crippen molar-refractivity contribution in [2.24, 2.45) is 11.8 Å². The molecule has 0 atom stereocenters. The number of anilines is 2. The van der Waals surface area contributed by atoms with E-state index in [1.165, 1.54) is 24.3 Å². The molecule has 0 unspecified atom stereocenters. The predicted octanol–water partition coefficient (Wildman–Crippen LogP) is 11.0. The van der Waals surface area contributed by atoms with E-state index in [-0.39, 0.29) is 34.9 Å². The first-order valence-electron chi connectivity index (χ1n) is 20.8. The molecule has 3 N–H and O–H groups in total. The lowest BCUT2D eigenvalue weighted by Crippen LogP contribution is -2.16.